The molecule has 0 fully saturated rings. The topological polar surface area (TPSA) is 26.3 Å². The lowest BCUT2D eigenvalue weighted by atomic mass is 9.98. The van der Waals surface area contributed by atoms with Crippen LogP contribution in [0.2, 0.25) is 0 Å². The number of benzene rings is 1. The molecule has 0 spiro atoms. The molecule has 2 nitrogen and oxygen atoms in total. The SMILES string of the molecule is CCCCc1cc(OCC)cc(C(=O)Cl)c1C. The quantitative estimate of drug-likeness (QED) is 0.714. The predicted octanol–water partition coefficient (Wildman–Crippen LogP) is 4.12. The molecule has 0 N–H and O–H groups in total. The highest BCUT2D eigenvalue weighted by molar-refractivity contribution is 6.68. The molecule has 0 aromatic heterocycles. The predicted molar refractivity (Wildman–Crippen MR) is 71.1 cm³/mol. The van der Waals surface area contributed by atoms with Crippen LogP contribution >= 0.6 is 11.6 Å². The van der Waals surface area contributed by atoms with Crippen molar-refractivity contribution >= 4 is 16.8 Å². The van der Waals surface area contributed by atoms with Crippen LogP contribution in [0, 0.1) is 6.92 Å². The number of hydrogen-bond donors (Lipinski definition) is 0. The summed E-state index contributed by atoms with van der Waals surface area (Å²) in [5.41, 5.74) is 2.69. The van der Waals surface area contributed by atoms with Gasteiger partial charge in [0.1, 0.15) is 5.75 Å². The molecule has 0 heterocycles. The highest BCUT2D eigenvalue weighted by Crippen LogP contribution is 2.25. The van der Waals surface area contributed by atoms with E-state index in [1.807, 2.05) is 19.9 Å². The number of halogens is 1. The summed E-state index contributed by atoms with van der Waals surface area (Å²) in [6.07, 6.45) is 3.19. The molecule has 0 aliphatic carbocycles. The third-order valence-electron chi connectivity index (χ3n) is 2.81. The summed E-state index contributed by atoms with van der Waals surface area (Å²) in [5.74, 6) is 0.730. The number of carbonyl (C=O) groups excluding carboxylic acids is 1. The third kappa shape index (κ3) is 3.74. The van der Waals surface area contributed by atoms with Gasteiger partial charge in [0.05, 0.1) is 6.61 Å². The summed E-state index contributed by atoms with van der Waals surface area (Å²) in [7, 11) is 0. The van der Waals surface area contributed by atoms with Gasteiger partial charge >= 0.3 is 0 Å². The van der Waals surface area contributed by atoms with Gasteiger partial charge < -0.3 is 4.74 Å². The van der Waals surface area contributed by atoms with E-state index in [0.29, 0.717) is 12.2 Å². The summed E-state index contributed by atoms with van der Waals surface area (Å²) in [6, 6.07) is 3.74. The van der Waals surface area contributed by atoms with E-state index in [-0.39, 0.29) is 0 Å². The lowest BCUT2D eigenvalue weighted by Gasteiger charge is -2.12. The number of hydrogen-bond acceptors (Lipinski definition) is 2. The Morgan fingerprint density at radius 3 is 2.59 bits per heavy atom. The Morgan fingerprint density at radius 2 is 2.06 bits per heavy atom. The van der Waals surface area contributed by atoms with Gasteiger partial charge in [0.15, 0.2) is 0 Å². The van der Waals surface area contributed by atoms with E-state index in [2.05, 4.69) is 6.92 Å². The van der Waals surface area contributed by atoms with E-state index >= 15 is 0 Å². The molecule has 0 saturated carbocycles. The Morgan fingerprint density at radius 1 is 1.35 bits per heavy atom. The minimum Gasteiger partial charge on any atom is -0.494 e. The second-order valence-corrected chi connectivity index (χ2v) is 4.41. The molecule has 0 radical (unpaired) electrons. The van der Waals surface area contributed by atoms with Gasteiger partial charge in [-0.1, -0.05) is 13.3 Å². The van der Waals surface area contributed by atoms with Crippen molar-refractivity contribution in [2.75, 3.05) is 6.61 Å². The molecule has 1 aromatic rings. The van der Waals surface area contributed by atoms with Gasteiger partial charge in [0, 0.05) is 5.56 Å². The smallest absolute Gasteiger partial charge is 0.252 e. The molecule has 0 aliphatic heterocycles. The van der Waals surface area contributed by atoms with Crippen LogP contribution in [-0.4, -0.2) is 11.8 Å². The minimum absolute atomic E-state index is 0.415. The zero-order valence-electron chi connectivity index (χ0n) is 10.7. The Balaban J connectivity index is 3.12. The fourth-order valence-electron chi connectivity index (χ4n) is 1.83. The van der Waals surface area contributed by atoms with E-state index in [9.17, 15) is 4.79 Å². The lowest BCUT2D eigenvalue weighted by molar-refractivity contribution is 0.108. The van der Waals surface area contributed by atoms with Crippen LogP contribution in [0.25, 0.3) is 0 Å². The van der Waals surface area contributed by atoms with Gasteiger partial charge in [-0.25, -0.2) is 0 Å². The summed E-state index contributed by atoms with van der Waals surface area (Å²) in [6.45, 7) is 6.60. The van der Waals surface area contributed by atoms with Crippen LogP contribution in [0.4, 0.5) is 0 Å². The van der Waals surface area contributed by atoms with Gasteiger partial charge in [-0.2, -0.15) is 0 Å². The van der Waals surface area contributed by atoms with E-state index < -0.39 is 5.24 Å². The van der Waals surface area contributed by atoms with Crippen molar-refractivity contribution in [3.63, 3.8) is 0 Å². The zero-order chi connectivity index (χ0) is 12.8. The van der Waals surface area contributed by atoms with Crippen molar-refractivity contribution in [1.29, 1.82) is 0 Å². The molecule has 0 atom stereocenters. The van der Waals surface area contributed by atoms with Crippen LogP contribution in [-0.2, 0) is 6.42 Å². The Labute approximate surface area is 108 Å². The van der Waals surface area contributed by atoms with Crippen molar-refractivity contribution in [2.45, 2.75) is 40.0 Å². The fraction of sp³-hybridized carbons (Fsp3) is 0.500. The second kappa shape index (κ2) is 6.65. The Kier molecular flexibility index (Phi) is 5.49. The molecular formula is C14H19ClO2. The summed E-state index contributed by atoms with van der Waals surface area (Å²) < 4.78 is 5.46. The molecule has 0 aliphatic rings. The average molecular weight is 255 g/mol. The highest BCUT2D eigenvalue weighted by Gasteiger charge is 2.12. The first kappa shape index (κ1) is 14.0. The highest BCUT2D eigenvalue weighted by atomic mass is 35.5. The molecule has 1 aromatic carbocycles. The van der Waals surface area contributed by atoms with Gasteiger partial charge in [0.25, 0.3) is 5.24 Å². The van der Waals surface area contributed by atoms with Crippen LogP contribution in [0.5, 0.6) is 5.75 Å². The number of ether oxygens (including phenoxy) is 1. The first-order valence-electron chi connectivity index (χ1n) is 6.06. The summed E-state index contributed by atoms with van der Waals surface area (Å²) in [5, 5.41) is -0.415. The summed E-state index contributed by atoms with van der Waals surface area (Å²) in [4.78, 5) is 11.4. The van der Waals surface area contributed by atoms with Crippen molar-refractivity contribution < 1.29 is 9.53 Å². The third-order valence-corrected chi connectivity index (χ3v) is 3.01. The van der Waals surface area contributed by atoms with Crippen LogP contribution < -0.4 is 4.74 Å². The maximum atomic E-state index is 11.4. The van der Waals surface area contributed by atoms with E-state index in [1.165, 1.54) is 0 Å². The van der Waals surface area contributed by atoms with Gasteiger partial charge in [0.2, 0.25) is 0 Å². The molecule has 0 amide bonds. The monoisotopic (exact) mass is 254 g/mol. The average Bonchev–Trinajstić information content (AvgIpc) is 2.29. The Bertz CT molecular complexity index is 399. The normalized spacial score (nSPS) is 10.4. The zero-order valence-corrected chi connectivity index (χ0v) is 11.4. The largest absolute Gasteiger partial charge is 0.494 e. The van der Waals surface area contributed by atoms with Gasteiger partial charge in [-0.05, 0) is 61.5 Å². The van der Waals surface area contributed by atoms with Crippen molar-refractivity contribution in [2.24, 2.45) is 0 Å². The molecule has 3 heteroatoms. The van der Waals surface area contributed by atoms with E-state index in [4.69, 9.17) is 16.3 Å². The van der Waals surface area contributed by atoms with Crippen molar-refractivity contribution in [3.8, 4) is 5.75 Å². The number of rotatable bonds is 6. The number of aryl methyl sites for hydroxylation is 1. The molecule has 0 bridgehead atoms. The van der Waals surface area contributed by atoms with Crippen molar-refractivity contribution in [1.82, 2.24) is 0 Å². The molecule has 0 unspecified atom stereocenters. The van der Waals surface area contributed by atoms with Crippen LogP contribution in [0.3, 0.4) is 0 Å². The molecule has 1 rings (SSSR count). The number of unbranched alkanes of at least 4 members (excludes halogenated alkanes) is 1. The molecule has 94 valence electrons. The maximum absolute atomic E-state index is 11.4. The minimum atomic E-state index is -0.415. The standard InChI is InChI=1S/C14H19ClO2/c1-4-6-7-11-8-12(17-5-2)9-13(10(11)3)14(15)16/h8-9H,4-7H2,1-3H3. The number of carbonyl (C=O) groups is 1. The lowest BCUT2D eigenvalue weighted by Crippen LogP contribution is -2.02. The Hall–Kier alpha value is -1.02. The first-order valence-corrected chi connectivity index (χ1v) is 6.44. The van der Waals surface area contributed by atoms with E-state index in [0.717, 1.165) is 36.1 Å². The second-order valence-electron chi connectivity index (χ2n) is 4.07. The van der Waals surface area contributed by atoms with E-state index in [1.54, 1.807) is 6.07 Å². The molecule has 0 saturated heterocycles. The van der Waals surface area contributed by atoms with Crippen LogP contribution in [0.15, 0.2) is 12.1 Å². The maximum Gasteiger partial charge on any atom is 0.252 e. The summed E-state index contributed by atoms with van der Waals surface area (Å²) >= 11 is 5.59. The molecule has 17 heavy (non-hydrogen) atoms. The molecular weight excluding hydrogens is 236 g/mol. The van der Waals surface area contributed by atoms with Crippen molar-refractivity contribution in [3.05, 3.63) is 28.8 Å². The van der Waals surface area contributed by atoms with Gasteiger partial charge in [-0.3, -0.25) is 4.79 Å². The van der Waals surface area contributed by atoms with Gasteiger partial charge in [-0.15, -0.1) is 0 Å². The first-order chi connectivity index (χ1) is 8.10. The van der Waals surface area contributed by atoms with Crippen LogP contribution in [0.1, 0.15) is 48.2 Å². The fourth-order valence-corrected chi connectivity index (χ4v) is 2.02.